The first kappa shape index (κ1) is 22.0. The summed E-state index contributed by atoms with van der Waals surface area (Å²) in [6.45, 7) is 1.79. The molecule has 3 aromatic rings. The topological polar surface area (TPSA) is 79.3 Å². The van der Waals surface area contributed by atoms with E-state index >= 15 is 0 Å². The summed E-state index contributed by atoms with van der Waals surface area (Å²) in [6, 6.07) is 18.0. The first-order valence-corrected chi connectivity index (χ1v) is 11.3. The molecule has 0 aromatic heterocycles. The van der Waals surface area contributed by atoms with E-state index in [1.54, 1.807) is 23.1 Å². The highest BCUT2D eigenvalue weighted by molar-refractivity contribution is 6.46. The van der Waals surface area contributed by atoms with Gasteiger partial charge in [-0.15, -0.1) is 0 Å². The van der Waals surface area contributed by atoms with Crippen LogP contribution in [0.1, 0.15) is 17.2 Å². The van der Waals surface area contributed by atoms with Crippen molar-refractivity contribution < 1.29 is 24.2 Å². The van der Waals surface area contributed by atoms with Crippen molar-refractivity contribution in [2.45, 2.75) is 6.04 Å². The van der Waals surface area contributed by atoms with Crippen LogP contribution < -0.4 is 9.47 Å². The van der Waals surface area contributed by atoms with Gasteiger partial charge in [0.1, 0.15) is 19.0 Å². The Morgan fingerprint density at radius 2 is 1.74 bits per heavy atom. The molecule has 2 heterocycles. The predicted octanol–water partition coefficient (Wildman–Crippen LogP) is 3.59. The minimum absolute atomic E-state index is 0.0804. The average molecular weight is 459 g/mol. The first-order valence-electron chi connectivity index (χ1n) is 11.3. The lowest BCUT2D eigenvalue weighted by molar-refractivity contribution is -0.140. The monoisotopic (exact) mass is 458 g/mol. The smallest absolute Gasteiger partial charge is 0.295 e. The molecule has 0 radical (unpaired) electrons. The van der Waals surface area contributed by atoms with Gasteiger partial charge in [-0.2, -0.15) is 0 Å². The van der Waals surface area contributed by atoms with Crippen LogP contribution in [0, 0.1) is 0 Å². The number of nitrogens with zero attached hydrogens (tertiary/aromatic N) is 2. The van der Waals surface area contributed by atoms with Crippen molar-refractivity contribution >= 4 is 28.2 Å². The summed E-state index contributed by atoms with van der Waals surface area (Å²) in [7, 11) is 3.83. The highest BCUT2D eigenvalue weighted by Crippen LogP contribution is 2.42. The second-order valence-electron chi connectivity index (χ2n) is 8.72. The maximum atomic E-state index is 13.3. The number of hydrogen-bond acceptors (Lipinski definition) is 6. The van der Waals surface area contributed by atoms with E-state index in [0.717, 1.165) is 16.3 Å². The molecular formula is C27H26N2O5. The van der Waals surface area contributed by atoms with Crippen LogP contribution in [-0.2, 0) is 9.59 Å². The molecule has 1 unspecified atom stereocenters. The third-order valence-electron chi connectivity index (χ3n) is 6.26. The number of aliphatic hydroxyl groups is 1. The van der Waals surface area contributed by atoms with Crippen molar-refractivity contribution in [2.24, 2.45) is 0 Å². The number of carbonyl (C=O) groups excluding carboxylic acids is 2. The molecule has 1 saturated heterocycles. The Labute approximate surface area is 197 Å². The van der Waals surface area contributed by atoms with Gasteiger partial charge in [0.05, 0.1) is 11.6 Å². The van der Waals surface area contributed by atoms with Crippen molar-refractivity contribution in [3.05, 3.63) is 77.4 Å². The fourth-order valence-electron chi connectivity index (χ4n) is 4.58. The number of likely N-dealkylation sites (tertiary alicyclic amines) is 1. The Balaban J connectivity index is 1.69. The summed E-state index contributed by atoms with van der Waals surface area (Å²) in [4.78, 5) is 30.0. The lowest BCUT2D eigenvalue weighted by Crippen LogP contribution is -2.35. The highest BCUT2D eigenvalue weighted by Gasteiger charge is 2.46. The van der Waals surface area contributed by atoms with Gasteiger partial charge >= 0.3 is 0 Å². The second kappa shape index (κ2) is 8.83. The molecule has 2 aliphatic heterocycles. The van der Waals surface area contributed by atoms with Crippen molar-refractivity contribution in [3.63, 3.8) is 0 Å². The van der Waals surface area contributed by atoms with E-state index in [9.17, 15) is 14.7 Å². The van der Waals surface area contributed by atoms with Crippen molar-refractivity contribution in [2.75, 3.05) is 40.4 Å². The van der Waals surface area contributed by atoms with Gasteiger partial charge in [-0.05, 0) is 48.6 Å². The van der Waals surface area contributed by atoms with Crippen molar-refractivity contribution in [1.29, 1.82) is 0 Å². The van der Waals surface area contributed by atoms with Crippen LogP contribution in [0.2, 0.25) is 0 Å². The molecule has 0 saturated carbocycles. The summed E-state index contributed by atoms with van der Waals surface area (Å²) in [5, 5.41) is 13.3. The van der Waals surface area contributed by atoms with Gasteiger partial charge < -0.3 is 24.4 Å². The number of hydrogen-bond donors (Lipinski definition) is 1. The molecule has 0 aliphatic carbocycles. The Bertz CT molecular complexity index is 1310. The van der Waals surface area contributed by atoms with Crippen LogP contribution in [0.4, 0.5) is 0 Å². The molecule has 0 spiro atoms. The van der Waals surface area contributed by atoms with Gasteiger partial charge in [0.2, 0.25) is 0 Å². The molecule has 174 valence electrons. The van der Waals surface area contributed by atoms with Crippen LogP contribution in [-0.4, -0.2) is 67.0 Å². The number of aliphatic hydroxyl groups excluding tert-OH is 1. The van der Waals surface area contributed by atoms with Crippen molar-refractivity contribution in [1.82, 2.24) is 9.80 Å². The fourth-order valence-corrected chi connectivity index (χ4v) is 4.58. The molecule has 5 rings (SSSR count). The number of ether oxygens (including phenoxy) is 2. The van der Waals surface area contributed by atoms with E-state index in [-0.39, 0.29) is 11.3 Å². The molecule has 1 N–H and O–H groups in total. The molecular weight excluding hydrogens is 432 g/mol. The van der Waals surface area contributed by atoms with Gasteiger partial charge in [0, 0.05) is 18.7 Å². The van der Waals surface area contributed by atoms with Gasteiger partial charge in [0.25, 0.3) is 11.7 Å². The van der Waals surface area contributed by atoms with Crippen LogP contribution in [0.15, 0.2) is 66.2 Å². The number of Topliss-reactive ketones (excluding diaryl/α,β-unsaturated/α-hetero) is 1. The van der Waals surface area contributed by atoms with E-state index in [1.165, 1.54) is 0 Å². The molecule has 1 amide bonds. The SMILES string of the molecule is CN(C)CCN1C(=O)C(=O)C(=C(O)c2ccc3c(c2)OCCO3)C1c1cccc2ccccc12. The molecule has 34 heavy (non-hydrogen) atoms. The minimum Gasteiger partial charge on any atom is -0.507 e. The van der Waals surface area contributed by atoms with E-state index in [4.69, 9.17) is 9.47 Å². The Kier molecular flexibility index (Phi) is 5.71. The van der Waals surface area contributed by atoms with E-state index in [0.29, 0.717) is 43.4 Å². The van der Waals surface area contributed by atoms with Crippen LogP contribution >= 0.6 is 0 Å². The standard InChI is InChI=1S/C27H26N2O5/c1-28(2)12-13-29-24(20-9-5-7-17-6-3-4-8-19(17)20)23(26(31)27(29)32)25(30)18-10-11-21-22(16-18)34-15-14-33-21/h3-11,16,24,30H,12-15H2,1-2H3. The van der Waals surface area contributed by atoms with Crippen LogP contribution in [0.3, 0.4) is 0 Å². The second-order valence-corrected chi connectivity index (χ2v) is 8.72. The number of amides is 1. The lowest BCUT2D eigenvalue weighted by Gasteiger charge is -2.27. The third kappa shape index (κ3) is 3.78. The van der Waals surface area contributed by atoms with Crippen molar-refractivity contribution in [3.8, 4) is 11.5 Å². The Morgan fingerprint density at radius 3 is 2.53 bits per heavy atom. The van der Waals surface area contributed by atoms with Gasteiger partial charge in [-0.3, -0.25) is 9.59 Å². The zero-order valence-electron chi connectivity index (χ0n) is 19.2. The molecule has 7 heteroatoms. The first-order chi connectivity index (χ1) is 16.5. The normalized spacial score (nSPS) is 19.3. The number of ketones is 1. The third-order valence-corrected chi connectivity index (χ3v) is 6.26. The summed E-state index contributed by atoms with van der Waals surface area (Å²) in [6.07, 6.45) is 0. The maximum Gasteiger partial charge on any atom is 0.295 e. The molecule has 0 bridgehead atoms. The van der Waals surface area contributed by atoms with Crippen LogP contribution in [0.5, 0.6) is 11.5 Å². The summed E-state index contributed by atoms with van der Waals surface area (Å²) in [5.74, 6) is -0.442. The number of likely N-dealkylation sites (N-methyl/N-ethyl adjacent to an activating group) is 1. The van der Waals surface area contributed by atoms with E-state index in [1.807, 2.05) is 61.5 Å². The number of rotatable bonds is 5. The van der Waals surface area contributed by atoms with Gasteiger partial charge in [-0.25, -0.2) is 0 Å². The van der Waals surface area contributed by atoms with E-state index in [2.05, 4.69) is 0 Å². The Hall–Kier alpha value is -3.84. The van der Waals surface area contributed by atoms with Gasteiger partial charge in [-0.1, -0.05) is 42.5 Å². The lowest BCUT2D eigenvalue weighted by atomic mass is 9.91. The average Bonchev–Trinajstić information content (AvgIpc) is 3.11. The largest absolute Gasteiger partial charge is 0.507 e. The van der Waals surface area contributed by atoms with Gasteiger partial charge in [0.15, 0.2) is 11.5 Å². The zero-order valence-corrected chi connectivity index (χ0v) is 19.2. The minimum atomic E-state index is -0.709. The molecule has 2 aliphatic rings. The molecule has 1 fully saturated rings. The summed E-state index contributed by atoms with van der Waals surface area (Å²) in [5.41, 5.74) is 1.28. The quantitative estimate of drug-likeness (QED) is 0.358. The fraction of sp³-hybridized carbons (Fsp3) is 0.259. The zero-order chi connectivity index (χ0) is 23.8. The summed E-state index contributed by atoms with van der Waals surface area (Å²) >= 11 is 0. The summed E-state index contributed by atoms with van der Waals surface area (Å²) < 4.78 is 11.2. The molecule has 7 nitrogen and oxygen atoms in total. The maximum absolute atomic E-state index is 13.3. The molecule has 3 aromatic carbocycles. The highest BCUT2D eigenvalue weighted by atomic mass is 16.6. The van der Waals surface area contributed by atoms with E-state index < -0.39 is 17.7 Å². The van der Waals surface area contributed by atoms with Crippen LogP contribution in [0.25, 0.3) is 16.5 Å². The number of benzene rings is 3. The Morgan fingerprint density at radius 1 is 1.00 bits per heavy atom. The number of carbonyl (C=O) groups is 2. The number of fused-ring (bicyclic) bond motifs is 2. The predicted molar refractivity (Wildman–Crippen MR) is 129 cm³/mol. The molecule has 1 atom stereocenters.